The second-order valence-corrected chi connectivity index (χ2v) is 17.2. The van der Waals surface area contributed by atoms with Crippen LogP contribution in [0.5, 0.6) is 0 Å². The highest BCUT2D eigenvalue weighted by molar-refractivity contribution is 6.23. The van der Waals surface area contributed by atoms with Crippen LogP contribution in [-0.2, 0) is 0 Å². The summed E-state index contributed by atoms with van der Waals surface area (Å²) in [7, 11) is 0. The van der Waals surface area contributed by atoms with E-state index in [1.165, 1.54) is 37.8 Å². The van der Waals surface area contributed by atoms with Crippen molar-refractivity contribution in [3.63, 3.8) is 0 Å². The van der Waals surface area contributed by atoms with Crippen molar-refractivity contribution < 1.29 is 8.83 Å². The molecule has 0 fully saturated rings. The van der Waals surface area contributed by atoms with E-state index in [0.717, 1.165) is 94.4 Å². The minimum Gasteiger partial charge on any atom is -0.455 e. The van der Waals surface area contributed by atoms with Gasteiger partial charge >= 0.3 is 0 Å². The van der Waals surface area contributed by atoms with E-state index in [1.807, 2.05) is 6.07 Å². The summed E-state index contributed by atoms with van der Waals surface area (Å²) < 4.78 is 16.3. The quantitative estimate of drug-likeness (QED) is 0.156. The van der Waals surface area contributed by atoms with E-state index in [1.54, 1.807) is 0 Å². The predicted octanol–water partition coefficient (Wildman–Crippen LogP) is 17.7. The molecule has 0 aliphatic heterocycles. The van der Waals surface area contributed by atoms with Crippen molar-refractivity contribution >= 4 is 104 Å². The number of fused-ring (bicyclic) bond motifs is 12. The smallest absolute Gasteiger partial charge is 0.160 e. The van der Waals surface area contributed by atoms with Crippen LogP contribution in [0.2, 0.25) is 0 Å². The van der Waals surface area contributed by atoms with Gasteiger partial charge in [-0.15, -0.1) is 0 Å². The topological polar surface area (TPSA) is 34.5 Å². The predicted molar refractivity (Wildman–Crippen MR) is 276 cm³/mol. The van der Waals surface area contributed by atoms with Crippen LogP contribution in [0.1, 0.15) is 0 Å². The number of furan rings is 2. The monoisotopic (exact) mass is 842 g/mol. The first kappa shape index (κ1) is 36.6. The van der Waals surface area contributed by atoms with Crippen LogP contribution in [0.15, 0.2) is 239 Å². The fraction of sp³-hybridized carbons (Fsp3) is 0. The van der Waals surface area contributed by atoms with Crippen LogP contribution in [0.3, 0.4) is 0 Å². The van der Waals surface area contributed by atoms with Gasteiger partial charge in [-0.3, -0.25) is 0 Å². The largest absolute Gasteiger partial charge is 0.455 e. The van der Waals surface area contributed by atoms with Crippen molar-refractivity contribution in [3.8, 4) is 27.9 Å². The molecule has 4 heteroatoms. The van der Waals surface area contributed by atoms with Gasteiger partial charge in [-0.2, -0.15) is 0 Å². The third-order valence-corrected chi connectivity index (χ3v) is 13.6. The van der Waals surface area contributed by atoms with Crippen molar-refractivity contribution in [1.29, 1.82) is 0 Å². The number of benzene rings is 11. The van der Waals surface area contributed by atoms with E-state index < -0.39 is 0 Å². The van der Waals surface area contributed by atoms with Crippen LogP contribution < -0.4 is 4.90 Å². The Bertz CT molecular complexity index is 4230. The summed E-state index contributed by atoms with van der Waals surface area (Å²) in [5.74, 6) is 0. The Labute approximate surface area is 379 Å². The Morgan fingerprint density at radius 2 is 0.848 bits per heavy atom. The molecule has 3 heterocycles. The summed E-state index contributed by atoms with van der Waals surface area (Å²) in [5.41, 5.74) is 14.2. The van der Waals surface area contributed by atoms with Gasteiger partial charge in [0.15, 0.2) is 5.58 Å². The Balaban J connectivity index is 1.07. The SMILES string of the molecule is c1ccc(-c2ccc(-c3ccc(N(c4ccc5ccc6ccccc6c5c4)c4ccc5c(c4)c4ccccc4n5-c4ccccc4)c4oc5ccccc5c34)c3c2oc2ccccc23)cc1. The van der Waals surface area contributed by atoms with E-state index in [2.05, 4.69) is 234 Å². The van der Waals surface area contributed by atoms with E-state index in [4.69, 9.17) is 8.83 Å². The number of aromatic nitrogens is 1. The zero-order chi connectivity index (χ0) is 43.3. The molecule has 0 unspecified atom stereocenters. The second-order valence-electron chi connectivity index (χ2n) is 17.2. The summed E-state index contributed by atoms with van der Waals surface area (Å²) in [6.45, 7) is 0. The lowest BCUT2D eigenvalue weighted by Crippen LogP contribution is -2.10. The molecule has 14 rings (SSSR count). The fourth-order valence-electron chi connectivity index (χ4n) is 10.6. The molecule has 0 N–H and O–H groups in total. The normalized spacial score (nSPS) is 11.9. The second kappa shape index (κ2) is 14.3. The Kier molecular flexibility index (Phi) is 7.95. The molecule has 14 aromatic rings. The number of hydrogen-bond acceptors (Lipinski definition) is 3. The zero-order valence-electron chi connectivity index (χ0n) is 35.7. The Morgan fingerprint density at radius 1 is 0.333 bits per heavy atom. The van der Waals surface area contributed by atoms with Crippen LogP contribution in [0.4, 0.5) is 17.1 Å². The third kappa shape index (κ3) is 5.45. The standard InChI is InChI=1S/C62H38N2O2/c1-3-15-39(16-4-1)46-32-33-48(59-50-22-10-13-25-57(50)65-61(46)59)49-34-36-56(62-60(49)51-23-11-14-26-58(51)66-62)63(43-30-29-41-28-27-40-17-7-8-20-45(40)52(41)37-43)44-31-35-55-53(38-44)47-21-9-12-24-54(47)64(55)42-18-5-2-6-19-42/h1-38H. The number of rotatable bonds is 6. The lowest BCUT2D eigenvalue weighted by Gasteiger charge is -2.27. The molecule has 0 amide bonds. The molecule has 11 aromatic carbocycles. The third-order valence-electron chi connectivity index (χ3n) is 13.6. The van der Waals surface area contributed by atoms with Gasteiger partial charge in [-0.1, -0.05) is 158 Å². The van der Waals surface area contributed by atoms with Crippen LogP contribution >= 0.6 is 0 Å². The molecular formula is C62H38N2O2. The molecule has 0 spiro atoms. The summed E-state index contributed by atoms with van der Waals surface area (Å²) in [6.07, 6.45) is 0. The minimum absolute atomic E-state index is 0.812. The van der Waals surface area contributed by atoms with Crippen molar-refractivity contribution in [2.24, 2.45) is 0 Å². The Hall–Kier alpha value is -8.86. The van der Waals surface area contributed by atoms with Gasteiger partial charge in [0.2, 0.25) is 0 Å². The first-order chi connectivity index (χ1) is 32.7. The van der Waals surface area contributed by atoms with E-state index >= 15 is 0 Å². The number of anilines is 3. The highest BCUT2D eigenvalue weighted by Crippen LogP contribution is 2.50. The van der Waals surface area contributed by atoms with Crippen molar-refractivity contribution in [3.05, 3.63) is 231 Å². The van der Waals surface area contributed by atoms with Gasteiger partial charge in [0.25, 0.3) is 0 Å². The Morgan fingerprint density at radius 3 is 1.61 bits per heavy atom. The summed E-state index contributed by atoms with van der Waals surface area (Å²) >= 11 is 0. The molecule has 308 valence electrons. The molecule has 66 heavy (non-hydrogen) atoms. The van der Waals surface area contributed by atoms with Crippen molar-refractivity contribution in [2.45, 2.75) is 0 Å². The summed E-state index contributed by atoms with van der Waals surface area (Å²) in [4.78, 5) is 2.39. The van der Waals surface area contributed by atoms with Crippen molar-refractivity contribution in [2.75, 3.05) is 4.90 Å². The molecule has 3 aromatic heterocycles. The average Bonchev–Trinajstić information content (AvgIpc) is 4.07. The van der Waals surface area contributed by atoms with E-state index in [0.29, 0.717) is 0 Å². The van der Waals surface area contributed by atoms with Crippen LogP contribution in [0, 0.1) is 0 Å². The van der Waals surface area contributed by atoms with Gasteiger partial charge in [-0.25, -0.2) is 0 Å². The first-order valence-electron chi connectivity index (χ1n) is 22.5. The maximum atomic E-state index is 7.15. The first-order valence-corrected chi connectivity index (χ1v) is 22.5. The molecule has 0 saturated heterocycles. The van der Waals surface area contributed by atoms with E-state index in [-0.39, 0.29) is 0 Å². The molecular weight excluding hydrogens is 805 g/mol. The van der Waals surface area contributed by atoms with Gasteiger partial charge < -0.3 is 18.3 Å². The molecule has 0 bridgehead atoms. The number of para-hydroxylation sites is 4. The molecule has 4 nitrogen and oxygen atoms in total. The molecule has 0 saturated carbocycles. The highest BCUT2D eigenvalue weighted by atomic mass is 16.3. The van der Waals surface area contributed by atoms with Gasteiger partial charge in [0.1, 0.15) is 16.7 Å². The highest BCUT2D eigenvalue weighted by Gasteiger charge is 2.26. The maximum absolute atomic E-state index is 7.15. The number of nitrogens with zero attached hydrogens (tertiary/aromatic N) is 2. The van der Waals surface area contributed by atoms with Crippen LogP contribution in [0.25, 0.3) is 115 Å². The van der Waals surface area contributed by atoms with Crippen molar-refractivity contribution in [1.82, 2.24) is 4.57 Å². The molecule has 0 radical (unpaired) electrons. The molecule has 0 atom stereocenters. The summed E-state index contributed by atoms with van der Waals surface area (Å²) in [6, 6.07) is 82.6. The number of hydrogen-bond donors (Lipinski definition) is 0. The summed E-state index contributed by atoms with van der Waals surface area (Å²) in [5, 5.41) is 11.5. The molecule has 0 aliphatic rings. The van der Waals surface area contributed by atoms with Gasteiger partial charge in [-0.05, 0) is 111 Å². The zero-order valence-corrected chi connectivity index (χ0v) is 35.7. The lowest BCUT2D eigenvalue weighted by molar-refractivity contribution is 0.669. The van der Waals surface area contributed by atoms with Gasteiger partial charge in [0, 0.05) is 54.9 Å². The minimum atomic E-state index is 0.812. The van der Waals surface area contributed by atoms with E-state index in [9.17, 15) is 0 Å². The average molecular weight is 843 g/mol. The fourth-order valence-corrected chi connectivity index (χ4v) is 10.6. The maximum Gasteiger partial charge on any atom is 0.160 e. The lowest BCUT2D eigenvalue weighted by atomic mass is 9.92. The molecule has 0 aliphatic carbocycles. The van der Waals surface area contributed by atoms with Crippen LogP contribution in [-0.4, -0.2) is 4.57 Å². The van der Waals surface area contributed by atoms with Gasteiger partial charge in [0.05, 0.1) is 16.7 Å².